The van der Waals surface area contributed by atoms with Crippen molar-refractivity contribution in [2.75, 3.05) is 0 Å². The zero-order chi connectivity index (χ0) is 32.1. The van der Waals surface area contributed by atoms with E-state index in [1.807, 2.05) is 18.3 Å². The summed E-state index contributed by atoms with van der Waals surface area (Å²) in [6, 6.07) is 41.6. The summed E-state index contributed by atoms with van der Waals surface area (Å²) < 4.78 is 11.4. The van der Waals surface area contributed by atoms with Crippen molar-refractivity contribution in [3.8, 4) is 11.4 Å². The largest absolute Gasteiger partial charge is 0.454 e. The van der Waals surface area contributed by atoms with E-state index in [4.69, 9.17) is 9.40 Å². The van der Waals surface area contributed by atoms with Gasteiger partial charge in [0.05, 0.1) is 16.6 Å². The van der Waals surface area contributed by atoms with Gasteiger partial charge in [0.1, 0.15) is 11.2 Å². The first-order chi connectivity index (χ1) is 24.3. The van der Waals surface area contributed by atoms with Gasteiger partial charge in [-0.25, -0.2) is 4.98 Å². The standard InChI is InChI=1S/C45H31N3O/c1-2-10-29-25-31(19-18-28(29)9-1)30-11-7-12-32(26-30)48-41-27-33(20-21-35(41)39-15-8-24-46-45(39)48)47-40-16-5-3-13-34(40)37-22-23-38-36-14-4-6-17-42(36)49-44(38)43(37)47/h2-8,10-24,26-27,31H,1,9,25H2. The highest BCUT2D eigenvalue weighted by Crippen LogP contribution is 2.42. The van der Waals surface area contributed by atoms with Crippen LogP contribution in [0.1, 0.15) is 30.7 Å². The second kappa shape index (κ2) is 10.2. The number of pyridine rings is 1. The van der Waals surface area contributed by atoms with E-state index in [0.29, 0.717) is 5.92 Å². The summed E-state index contributed by atoms with van der Waals surface area (Å²) in [5, 5.41) is 7.00. The number of furan rings is 1. The Morgan fingerprint density at radius 2 is 1.43 bits per heavy atom. The Bertz CT molecular complexity index is 2930. The van der Waals surface area contributed by atoms with Crippen molar-refractivity contribution in [2.24, 2.45) is 0 Å². The van der Waals surface area contributed by atoms with Gasteiger partial charge < -0.3 is 8.98 Å². The number of rotatable bonds is 3. The molecule has 11 rings (SSSR count). The molecule has 0 N–H and O–H groups in total. The minimum Gasteiger partial charge on any atom is -0.454 e. The zero-order valence-corrected chi connectivity index (χ0v) is 26.8. The predicted molar refractivity (Wildman–Crippen MR) is 202 cm³/mol. The normalized spacial score (nSPS) is 16.3. The highest BCUT2D eigenvalue weighted by Gasteiger charge is 2.22. The first-order valence-corrected chi connectivity index (χ1v) is 17.2. The molecule has 0 amide bonds. The van der Waals surface area contributed by atoms with Gasteiger partial charge in [-0.15, -0.1) is 0 Å². The third kappa shape index (κ3) is 3.89. The number of allylic oxidation sites excluding steroid dienone is 6. The summed E-state index contributed by atoms with van der Waals surface area (Å²) in [6.45, 7) is 0. The molecule has 4 aromatic heterocycles. The summed E-state index contributed by atoms with van der Waals surface area (Å²) in [4.78, 5) is 4.96. The molecule has 4 heterocycles. The van der Waals surface area contributed by atoms with Gasteiger partial charge in [0, 0.05) is 55.8 Å². The number of para-hydroxylation sites is 2. The molecule has 232 valence electrons. The molecule has 0 spiro atoms. The van der Waals surface area contributed by atoms with E-state index in [1.54, 1.807) is 0 Å². The molecule has 0 aliphatic heterocycles. The minimum atomic E-state index is 0.349. The monoisotopic (exact) mass is 629 g/mol. The van der Waals surface area contributed by atoms with Crippen LogP contribution in [-0.2, 0) is 0 Å². The number of nitrogens with zero attached hydrogens (tertiary/aromatic N) is 3. The van der Waals surface area contributed by atoms with Gasteiger partial charge in [0.15, 0.2) is 5.58 Å². The van der Waals surface area contributed by atoms with Crippen LogP contribution in [0.3, 0.4) is 0 Å². The van der Waals surface area contributed by atoms with Crippen molar-refractivity contribution in [1.29, 1.82) is 0 Å². The molecule has 2 aliphatic rings. The molecular formula is C45H31N3O. The topological polar surface area (TPSA) is 35.9 Å². The number of hydrogen-bond acceptors (Lipinski definition) is 2. The lowest BCUT2D eigenvalue weighted by Gasteiger charge is -2.24. The van der Waals surface area contributed by atoms with Gasteiger partial charge in [-0.3, -0.25) is 4.57 Å². The van der Waals surface area contributed by atoms with E-state index in [-0.39, 0.29) is 0 Å². The number of benzene rings is 5. The van der Waals surface area contributed by atoms with Gasteiger partial charge in [-0.1, -0.05) is 85.0 Å². The SMILES string of the molecule is C1=CC2=C(C=CC(c3cccc(-n4c5cc(-n6c7ccccc7c7ccc8c9ccccc9oc8c76)ccc5c5cccnc54)c3)C2)CC1. The number of hydrogen-bond donors (Lipinski definition) is 0. The van der Waals surface area contributed by atoms with E-state index in [2.05, 4.69) is 137 Å². The third-order valence-corrected chi connectivity index (χ3v) is 10.8. The van der Waals surface area contributed by atoms with Crippen molar-refractivity contribution in [2.45, 2.75) is 25.2 Å². The molecule has 5 aromatic carbocycles. The fraction of sp³-hybridized carbons (Fsp3) is 0.0889. The summed E-state index contributed by atoms with van der Waals surface area (Å²) >= 11 is 0. The van der Waals surface area contributed by atoms with Gasteiger partial charge in [-0.05, 0) is 90.6 Å². The van der Waals surface area contributed by atoms with Crippen LogP contribution in [0, 0.1) is 0 Å². The van der Waals surface area contributed by atoms with E-state index in [0.717, 1.165) is 80.2 Å². The highest BCUT2D eigenvalue weighted by atomic mass is 16.3. The molecule has 0 saturated carbocycles. The average Bonchev–Trinajstić information content (AvgIpc) is 3.82. The van der Waals surface area contributed by atoms with Crippen LogP contribution < -0.4 is 0 Å². The van der Waals surface area contributed by atoms with Gasteiger partial charge >= 0.3 is 0 Å². The molecule has 2 aliphatic carbocycles. The Balaban J connectivity index is 1.15. The van der Waals surface area contributed by atoms with Gasteiger partial charge in [0.25, 0.3) is 0 Å². The second-order valence-corrected chi connectivity index (χ2v) is 13.5. The lowest BCUT2D eigenvalue weighted by molar-refractivity contribution is 0.671. The lowest BCUT2D eigenvalue weighted by atomic mass is 9.82. The quantitative estimate of drug-likeness (QED) is 0.195. The molecule has 49 heavy (non-hydrogen) atoms. The van der Waals surface area contributed by atoms with Crippen LogP contribution in [0.2, 0.25) is 0 Å². The molecule has 0 radical (unpaired) electrons. The summed E-state index contributed by atoms with van der Waals surface area (Å²) in [5.41, 5.74) is 12.7. The molecular weight excluding hydrogens is 599 g/mol. The zero-order valence-electron chi connectivity index (χ0n) is 26.8. The second-order valence-electron chi connectivity index (χ2n) is 13.5. The Kier molecular flexibility index (Phi) is 5.59. The summed E-state index contributed by atoms with van der Waals surface area (Å²) in [7, 11) is 0. The van der Waals surface area contributed by atoms with Crippen molar-refractivity contribution in [1.82, 2.24) is 14.1 Å². The Hall–Kier alpha value is -6.13. The molecule has 1 atom stereocenters. The number of aromatic nitrogens is 3. The number of fused-ring (bicyclic) bond motifs is 10. The molecule has 4 heteroatoms. The Morgan fingerprint density at radius 1 is 0.612 bits per heavy atom. The molecule has 9 aromatic rings. The summed E-state index contributed by atoms with van der Waals surface area (Å²) in [5.74, 6) is 0.349. The lowest BCUT2D eigenvalue weighted by Crippen LogP contribution is -2.06. The van der Waals surface area contributed by atoms with Gasteiger partial charge in [0.2, 0.25) is 0 Å². The van der Waals surface area contributed by atoms with Crippen LogP contribution in [0.25, 0.3) is 77.1 Å². The van der Waals surface area contributed by atoms with E-state index in [9.17, 15) is 0 Å². The predicted octanol–water partition coefficient (Wildman–Crippen LogP) is 11.9. The van der Waals surface area contributed by atoms with Crippen LogP contribution >= 0.6 is 0 Å². The minimum absolute atomic E-state index is 0.349. The van der Waals surface area contributed by atoms with Gasteiger partial charge in [-0.2, -0.15) is 0 Å². The van der Waals surface area contributed by atoms with Crippen molar-refractivity contribution in [3.05, 3.63) is 162 Å². The van der Waals surface area contributed by atoms with Crippen LogP contribution in [0.4, 0.5) is 0 Å². The van der Waals surface area contributed by atoms with E-state index < -0.39 is 0 Å². The summed E-state index contributed by atoms with van der Waals surface area (Å²) in [6.07, 6.45) is 14.7. The van der Waals surface area contributed by atoms with Crippen LogP contribution in [-0.4, -0.2) is 14.1 Å². The Labute approximate surface area is 282 Å². The first kappa shape index (κ1) is 26.9. The Morgan fingerprint density at radius 3 is 2.41 bits per heavy atom. The molecule has 0 fully saturated rings. The first-order valence-electron chi connectivity index (χ1n) is 17.2. The molecule has 1 unspecified atom stereocenters. The van der Waals surface area contributed by atoms with Crippen molar-refractivity contribution < 1.29 is 4.42 Å². The maximum Gasteiger partial charge on any atom is 0.160 e. The van der Waals surface area contributed by atoms with E-state index in [1.165, 1.54) is 32.9 Å². The average molecular weight is 630 g/mol. The third-order valence-electron chi connectivity index (χ3n) is 10.8. The van der Waals surface area contributed by atoms with Crippen LogP contribution in [0.15, 0.2) is 161 Å². The highest BCUT2D eigenvalue weighted by molar-refractivity contribution is 6.21. The molecule has 0 bridgehead atoms. The van der Waals surface area contributed by atoms with E-state index >= 15 is 0 Å². The fourth-order valence-corrected chi connectivity index (χ4v) is 8.51. The fourth-order valence-electron chi connectivity index (χ4n) is 8.51. The van der Waals surface area contributed by atoms with Crippen molar-refractivity contribution >= 4 is 65.7 Å². The maximum atomic E-state index is 6.64. The molecule has 0 saturated heterocycles. The molecule has 4 nitrogen and oxygen atoms in total. The smallest absolute Gasteiger partial charge is 0.160 e. The van der Waals surface area contributed by atoms with Crippen molar-refractivity contribution in [3.63, 3.8) is 0 Å². The maximum absolute atomic E-state index is 6.64. The van der Waals surface area contributed by atoms with Crippen LogP contribution in [0.5, 0.6) is 0 Å².